The molecule has 148 valence electrons. The van der Waals surface area contributed by atoms with Gasteiger partial charge >= 0.3 is 0 Å². The molecular weight excluding hydrogens is 396 g/mol. The molecule has 3 rings (SSSR count). The molecule has 1 unspecified atom stereocenters. The Bertz CT molecular complexity index is 952. The van der Waals surface area contributed by atoms with E-state index in [1.165, 1.54) is 23.9 Å². The second-order valence-electron chi connectivity index (χ2n) is 6.81. The van der Waals surface area contributed by atoms with Crippen molar-refractivity contribution in [2.24, 2.45) is 0 Å². The summed E-state index contributed by atoms with van der Waals surface area (Å²) in [6, 6.07) is 16.4. The van der Waals surface area contributed by atoms with Crippen LogP contribution in [0.3, 0.4) is 0 Å². The van der Waals surface area contributed by atoms with Crippen molar-refractivity contribution in [2.45, 2.75) is 17.9 Å². The molecular formula is C20H23ClN4O2S. The van der Waals surface area contributed by atoms with Crippen molar-refractivity contribution in [1.82, 2.24) is 9.62 Å². The third kappa shape index (κ3) is 4.83. The van der Waals surface area contributed by atoms with Gasteiger partial charge in [0.25, 0.3) is 0 Å². The number of nitrogens with one attached hydrogen (secondary N) is 1. The maximum absolute atomic E-state index is 12.5. The highest BCUT2D eigenvalue weighted by atomic mass is 35.5. The van der Waals surface area contributed by atoms with E-state index in [4.69, 9.17) is 16.9 Å². The van der Waals surface area contributed by atoms with Gasteiger partial charge in [0.1, 0.15) is 6.07 Å². The van der Waals surface area contributed by atoms with Crippen LogP contribution in [-0.2, 0) is 10.0 Å². The van der Waals surface area contributed by atoms with Gasteiger partial charge in [-0.05, 0) is 37.3 Å². The van der Waals surface area contributed by atoms with Crippen LogP contribution in [0.15, 0.2) is 53.4 Å². The topological polar surface area (TPSA) is 76.4 Å². The normalized spacial score (nSPS) is 16.5. The lowest BCUT2D eigenvalue weighted by atomic mass is 10.2. The second kappa shape index (κ2) is 8.93. The lowest BCUT2D eigenvalue weighted by Gasteiger charge is -2.39. The van der Waals surface area contributed by atoms with E-state index in [9.17, 15) is 8.42 Å². The van der Waals surface area contributed by atoms with Gasteiger partial charge in [-0.15, -0.1) is 0 Å². The van der Waals surface area contributed by atoms with Crippen LogP contribution in [0.2, 0.25) is 5.02 Å². The fraction of sp³-hybridized carbons (Fsp3) is 0.350. The number of hydrogen-bond acceptors (Lipinski definition) is 5. The summed E-state index contributed by atoms with van der Waals surface area (Å²) < 4.78 is 27.7. The third-order valence-corrected chi connectivity index (χ3v) is 6.73. The molecule has 0 saturated carbocycles. The quantitative estimate of drug-likeness (QED) is 0.780. The molecule has 0 aliphatic carbocycles. The number of anilines is 1. The molecule has 0 radical (unpaired) electrons. The largest absolute Gasteiger partial charge is 0.369 e. The van der Waals surface area contributed by atoms with Crippen LogP contribution < -0.4 is 9.62 Å². The number of halogens is 1. The van der Waals surface area contributed by atoms with Crippen LogP contribution in [0.5, 0.6) is 0 Å². The van der Waals surface area contributed by atoms with E-state index >= 15 is 0 Å². The van der Waals surface area contributed by atoms with E-state index < -0.39 is 10.0 Å². The molecule has 0 spiro atoms. The molecule has 1 aliphatic rings. The van der Waals surface area contributed by atoms with Gasteiger partial charge in [0.2, 0.25) is 10.0 Å². The average Bonchev–Trinajstić information content (AvgIpc) is 2.72. The lowest BCUT2D eigenvalue weighted by molar-refractivity contribution is 0.198. The second-order valence-corrected chi connectivity index (χ2v) is 8.99. The summed E-state index contributed by atoms with van der Waals surface area (Å²) in [6.45, 7) is 5.90. The fourth-order valence-electron chi connectivity index (χ4n) is 3.26. The first kappa shape index (κ1) is 20.6. The number of hydrogen-bond donors (Lipinski definition) is 1. The molecule has 1 aliphatic heterocycles. The molecule has 2 aromatic carbocycles. The minimum atomic E-state index is -3.68. The number of sulfonamides is 1. The van der Waals surface area contributed by atoms with Crippen molar-refractivity contribution in [3.05, 3.63) is 59.1 Å². The van der Waals surface area contributed by atoms with Crippen LogP contribution in [0.25, 0.3) is 0 Å². The molecule has 0 bridgehead atoms. The summed E-state index contributed by atoms with van der Waals surface area (Å²) in [5, 5.41) is 9.05. The number of nitriles is 1. The van der Waals surface area contributed by atoms with Crippen LogP contribution in [-0.4, -0.2) is 52.1 Å². The van der Waals surface area contributed by atoms with Crippen LogP contribution in [0.4, 0.5) is 5.69 Å². The van der Waals surface area contributed by atoms with Gasteiger partial charge in [0.05, 0.1) is 15.5 Å². The lowest BCUT2D eigenvalue weighted by Crippen LogP contribution is -2.52. The Balaban J connectivity index is 1.55. The maximum Gasteiger partial charge on any atom is 0.240 e. The van der Waals surface area contributed by atoms with Crippen molar-refractivity contribution in [2.75, 3.05) is 37.6 Å². The molecule has 1 fully saturated rings. The molecule has 2 aromatic rings. The number of piperazine rings is 1. The van der Waals surface area contributed by atoms with E-state index in [2.05, 4.69) is 26.7 Å². The summed E-state index contributed by atoms with van der Waals surface area (Å²) >= 11 is 5.96. The molecule has 0 amide bonds. The first-order valence-electron chi connectivity index (χ1n) is 9.14. The highest BCUT2D eigenvalue weighted by molar-refractivity contribution is 7.89. The van der Waals surface area contributed by atoms with E-state index in [1.807, 2.05) is 31.2 Å². The molecule has 1 atom stereocenters. The monoisotopic (exact) mass is 418 g/mol. The third-order valence-electron chi connectivity index (χ3n) is 5.00. The van der Waals surface area contributed by atoms with Crippen LogP contribution in [0, 0.1) is 11.3 Å². The van der Waals surface area contributed by atoms with Crippen molar-refractivity contribution in [1.29, 1.82) is 5.26 Å². The van der Waals surface area contributed by atoms with Gasteiger partial charge in [-0.25, -0.2) is 13.1 Å². The van der Waals surface area contributed by atoms with Gasteiger partial charge < -0.3 is 4.90 Å². The zero-order chi connectivity index (χ0) is 20.1. The van der Waals surface area contributed by atoms with Gasteiger partial charge in [-0.3, -0.25) is 4.90 Å². The highest BCUT2D eigenvalue weighted by Gasteiger charge is 2.23. The van der Waals surface area contributed by atoms with E-state index in [0.29, 0.717) is 6.54 Å². The van der Waals surface area contributed by atoms with E-state index in [1.54, 1.807) is 0 Å². The van der Waals surface area contributed by atoms with Crippen LogP contribution >= 0.6 is 11.6 Å². The zero-order valence-corrected chi connectivity index (χ0v) is 17.2. The summed E-state index contributed by atoms with van der Waals surface area (Å²) in [6.07, 6.45) is 0. The SMILES string of the molecule is CC(CNS(=O)(=O)c1ccc(C#N)c(Cl)c1)N1CCN(c2ccccc2)CC1. The van der Waals surface area contributed by atoms with Gasteiger partial charge in [-0.2, -0.15) is 5.26 Å². The fourth-order valence-corrected chi connectivity index (χ4v) is 4.69. The van der Waals surface area contributed by atoms with Gasteiger partial charge in [-0.1, -0.05) is 29.8 Å². The van der Waals surface area contributed by atoms with Crippen molar-refractivity contribution in [3.8, 4) is 6.07 Å². The minimum Gasteiger partial charge on any atom is -0.369 e. The first-order chi connectivity index (χ1) is 13.4. The highest BCUT2D eigenvalue weighted by Crippen LogP contribution is 2.20. The molecule has 6 nitrogen and oxygen atoms in total. The Morgan fingerprint density at radius 2 is 1.82 bits per heavy atom. The summed E-state index contributed by atoms with van der Waals surface area (Å²) in [4.78, 5) is 4.69. The van der Waals surface area contributed by atoms with E-state index in [0.717, 1.165) is 26.2 Å². The Morgan fingerprint density at radius 3 is 2.43 bits per heavy atom. The Labute approximate surface area is 171 Å². The van der Waals surface area contributed by atoms with E-state index in [-0.39, 0.29) is 21.5 Å². The van der Waals surface area contributed by atoms with Crippen molar-refractivity contribution >= 4 is 27.3 Å². The average molecular weight is 419 g/mol. The smallest absolute Gasteiger partial charge is 0.240 e. The summed E-state index contributed by atoms with van der Waals surface area (Å²) in [5.41, 5.74) is 1.47. The number of rotatable bonds is 6. The summed E-state index contributed by atoms with van der Waals surface area (Å²) in [7, 11) is -3.68. The first-order valence-corrected chi connectivity index (χ1v) is 11.0. The Hall–Kier alpha value is -2.11. The summed E-state index contributed by atoms with van der Waals surface area (Å²) in [5.74, 6) is 0. The maximum atomic E-state index is 12.5. The van der Waals surface area contributed by atoms with Crippen molar-refractivity contribution in [3.63, 3.8) is 0 Å². The predicted molar refractivity (Wildman–Crippen MR) is 111 cm³/mol. The Morgan fingerprint density at radius 1 is 1.14 bits per heavy atom. The number of para-hydroxylation sites is 1. The van der Waals surface area contributed by atoms with Crippen molar-refractivity contribution < 1.29 is 8.42 Å². The van der Waals surface area contributed by atoms with Gasteiger partial charge in [0, 0.05) is 44.5 Å². The minimum absolute atomic E-state index is 0.0672. The zero-order valence-electron chi connectivity index (χ0n) is 15.7. The predicted octanol–water partition coefficient (Wildman–Crippen LogP) is 2.70. The number of benzene rings is 2. The molecule has 1 N–H and O–H groups in total. The molecule has 28 heavy (non-hydrogen) atoms. The molecule has 1 heterocycles. The van der Waals surface area contributed by atoms with Gasteiger partial charge in [0.15, 0.2) is 0 Å². The molecule has 1 saturated heterocycles. The standard InChI is InChI=1S/C20H23ClN4O2S/c1-16(24-9-11-25(12-10-24)18-5-3-2-4-6-18)15-23-28(26,27)19-8-7-17(14-22)20(21)13-19/h2-8,13,16,23H,9-12,15H2,1H3. The molecule has 8 heteroatoms. The Kier molecular flexibility index (Phi) is 6.57. The molecule has 0 aromatic heterocycles. The number of nitrogens with zero attached hydrogens (tertiary/aromatic N) is 3. The van der Waals surface area contributed by atoms with Crippen LogP contribution in [0.1, 0.15) is 12.5 Å².